The standard InChI is InChI=1S/C15H19N5O2/c1-15(7-2-3-8-22-15)9-17-14(21)12-5-4-6-13(19-12)20-11-16-10-18-20/h4-6,10-11H,2-3,7-9H2,1H3,(H,17,21)/t15-/m1/s1. The van der Waals surface area contributed by atoms with Gasteiger partial charge in [0.25, 0.3) is 5.91 Å². The fourth-order valence-electron chi connectivity index (χ4n) is 2.49. The summed E-state index contributed by atoms with van der Waals surface area (Å²) in [4.78, 5) is 20.5. The van der Waals surface area contributed by atoms with E-state index in [1.54, 1.807) is 24.5 Å². The third-order valence-electron chi connectivity index (χ3n) is 3.79. The van der Waals surface area contributed by atoms with Crippen LogP contribution in [-0.2, 0) is 4.74 Å². The zero-order valence-electron chi connectivity index (χ0n) is 12.5. The fraction of sp³-hybridized carbons (Fsp3) is 0.467. The highest BCUT2D eigenvalue weighted by atomic mass is 16.5. The van der Waals surface area contributed by atoms with Gasteiger partial charge in [-0.3, -0.25) is 4.79 Å². The van der Waals surface area contributed by atoms with Crippen LogP contribution in [0.1, 0.15) is 36.7 Å². The lowest BCUT2D eigenvalue weighted by Gasteiger charge is -2.33. The largest absolute Gasteiger partial charge is 0.373 e. The SMILES string of the molecule is C[C@]1(CNC(=O)c2cccc(-n3cncn3)n2)CCCCO1. The zero-order chi connectivity index (χ0) is 15.4. The van der Waals surface area contributed by atoms with E-state index in [2.05, 4.69) is 20.4 Å². The summed E-state index contributed by atoms with van der Waals surface area (Å²) in [5.41, 5.74) is 0.0737. The number of nitrogens with zero attached hydrogens (tertiary/aromatic N) is 4. The van der Waals surface area contributed by atoms with Gasteiger partial charge in [-0.15, -0.1) is 0 Å². The van der Waals surface area contributed by atoms with Crippen LogP contribution in [0, 0.1) is 0 Å². The topological polar surface area (TPSA) is 81.9 Å². The number of pyridine rings is 1. The van der Waals surface area contributed by atoms with Crippen molar-refractivity contribution in [1.82, 2.24) is 25.1 Å². The highest BCUT2D eigenvalue weighted by Crippen LogP contribution is 2.23. The summed E-state index contributed by atoms with van der Waals surface area (Å²) in [6, 6.07) is 5.23. The molecule has 0 spiro atoms. The summed E-state index contributed by atoms with van der Waals surface area (Å²) in [6.07, 6.45) is 6.15. The maximum absolute atomic E-state index is 12.3. The van der Waals surface area contributed by atoms with Crippen molar-refractivity contribution in [3.8, 4) is 5.82 Å². The van der Waals surface area contributed by atoms with Crippen molar-refractivity contribution >= 4 is 5.91 Å². The van der Waals surface area contributed by atoms with E-state index in [1.165, 1.54) is 11.0 Å². The normalized spacial score (nSPS) is 21.5. The van der Waals surface area contributed by atoms with E-state index in [0.717, 1.165) is 25.9 Å². The molecule has 2 aromatic rings. The zero-order valence-corrected chi connectivity index (χ0v) is 12.5. The quantitative estimate of drug-likeness (QED) is 0.922. The van der Waals surface area contributed by atoms with Crippen molar-refractivity contribution in [2.45, 2.75) is 31.8 Å². The van der Waals surface area contributed by atoms with Crippen LogP contribution in [0.15, 0.2) is 30.9 Å². The number of carbonyl (C=O) groups is 1. The number of hydrogen-bond donors (Lipinski definition) is 1. The lowest BCUT2D eigenvalue weighted by atomic mass is 9.96. The van der Waals surface area contributed by atoms with Gasteiger partial charge >= 0.3 is 0 Å². The molecule has 0 saturated carbocycles. The first-order valence-corrected chi connectivity index (χ1v) is 7.41. The van der Waals surface area contributed by atoms with Crippen LogP contribution in [0.4, 0.5) is 0 Å². The fourth-order valence-corrected chi connectivity index (χ4v) is 2.49. The maximum Gasteiger partial charge on any atom is 0.270 e. The Bertz CT molecular complexity index is 635. The summed E-state index contributed by atoms with van der Waals surface area (Å²) in [7, 11) is 0. The number of carbonyl (C=O) groups excluding carboxylic acids is 1. The number of amides is 1. The molecule has 7 heteroatoms. The van der Waals surface area contributed by atoms with Crippen LogP contribution in [0.2, 0.25) is 0 Å². The highest BCUT2D eigenvalue weighted by molar-refractivity contribution is 5.92. The molecule has 2 aromatic heterocycles. The maximum atomic E-state index is 12.3. The van der Waals surface area contributed by atoms with Gasteiger partial charge in [-0.05, 0) is 38.3 Å². The van der Waals surface area contributed by atoms with Gasteiger partial charge in [0, 0.05) is 13.2 Å². The monoisotopic (exact) mass is 301 g/mol. The third kappa shape index (κ3) is 3.30. The summed E-state index contributed by atoms with van der Waals surface area (Å²) < 4.78 is 7.29. The van der Waals surface area contributed by atoms with Crippen LogP contribution in [0.25, 0.3) is 5.82 Å². The Morgan fingerprint density at radius 1 is 1.45 bits per heavy atom. The van der Waals surface area contributed by atoms with Crippen LogP contribution in [0.5, 0.6) is 0 Å². The molecule has 1 N–H and O–H groups in total. The molecule has 3 heterocycles. The molecule has 0 aromatic carbocycles. The predicted octanol–water partition coefficient (Wildman–Crippen LogP) is 1.35. The molecule has 7 nitrogen and oxygen atoms in total. The van der Waals surface area contributed by atoms with E-state index in [0.29, 0.717) is 18.1 Å². The summed E-state index contributed by atoms with van der Waals surface area (Å²) in [5.74, 6) is 0.350. The minimum Gasteiger partial charge on any atom is -0.373 e. The second-order valence-electron chi connectivity index (χ2n) is 5.66. The lowest BCUT2D eigenvalue weighted by molar-refractivity contribution is -0.0619. The average Bonchev–Trinajstić information content (AvgIpc) is 3.08. The molecule has 22 heavy (non-hydrogen) atoms. The Morgan fingerprint density at radius 3 is 3.09 bits per heavy atom. The number of aromatic nitrogens is 4. The van der Waals surface area contributed by atoms with E-state index in [9.17, 15) is 4.79 Å². The molecule has 0 aliphatic carbocycles. The van der Waals surface area contributed by atoms with Crippen molar-refractivity contribution in [2.24, 2.45) is 0 Å². The lowest BCUT2D eigenvalue weighted by Crippen LogP contribution is -2.44. The number of nitrogens with one attached hydrogen (secondary N) is 1. The molecular weight excluding hydrogens is 282 g/mol. The van der Waals surface area contributed by atoms with Crippen molar-refractivity contribution in [3.63, 3.8) is 0 Å². The molecule has 1 amide bonds. The van der Waals surface area contributed by atoms with Crippen molar-refractivity contribution < 1.29 is 9.53 Å². The molecule has 1 atom stereocenters. The van der Waals surface area contributed by atoms with Gasteiger partial charge in [-0.1, -0.05) is 6.07 Å². The van der Waals surface area contributed by atoms with Crippen molar-refractivity contribution in [3.05, 3.63) is 36.5 Å². The Balaban J connectivity index is 1.66. The van der Waals surface area contributed by atoms with Crippen molar-refractivity contribution in [1.29, 1.82) is 0 Å². The average molecular weight is 301 g/mol. The minimum atomic E-state index is -0.280. The summed E-state index contributed by atoms with van der Waals surface area (Å²) in [6.45, 7) is 3.28. The van der Waals surface area contributed by atoms with Gasteiger partial charge in [0.05, 0.1) is 5.60 Å². The van der Waals surface area contributed by atoms with Gasteiger partial charge in [0.1, 0.15) is 18.3 Å². The van der Waals surface area contributed by atoms with Crippen LogP contribution in [-0.4, -0.2) is 44.4 Å². The number of rotatable bonds is 4. The summed E-state index contributed by atoms with van der Waals surface area (Å²) >= 11 is 0. The Morgan fingerprint density at radius 2 is 2.36 bits per heavy atom. The first kappa shape index (κ1) is 14.6. The van der Waals surface area contributed by atoms with Crippen LogP contribution < -0.4 is 5.32 Å². The van der Waals surface area contributed by atoms with E-state index in [1.807, 2.05) is 6.92 Å². The predicted molar refractivity (Wildman–Crippen MR) is 79.7 cm³/mol. The van der Waals surface area contributed by atoms with Gasteiger partial charge in [-0.2, -0.15) is 5.10 Å². The number of hydrogen-bond acceptors (Lipinski definition) is 5. The van der Waals surface area contributed by atoms with Crippen LogP contribution >= 0.6 is 0 Å². The smallest absolute Gasteiger partial charge is 0.270 e. The minimum absolute atomic E-state index is 0.211. The van der Waals surface area contributed by atoms with Gasteiger partial charge in [0.15, 0.2) is 5.82 Å². The molecule has 1 saturated heterocycles. The second kappa shape index (κ2) is 6.23. The summed E-state index contributed by atoms with van der Waals surface area (Å²) in [5, 5.41) is 6.92. The van der Waals surface area contributed by atoms with Gasteiger partial charge in [-0.25, -0.2) is 14.6 Å². The Kier molecular flexibility index (Phi) is 4.15. The van der Waals surface area contributed by atoms with E-state index < -0.39 is 0 Å². The molecule has 0 bridgehead atoms. The molecule has 0 unspecified atom stereocenters. The van der Waals surface area contributed by atoms with Gasteiger partial charge in [0.2, 0.25) is 0 Å². The van der Waals surface area contributed by atoms with E-state index >= 15 is 0 Å². The third-order valence-corrected chi connectivity index (χ3v) is 3.79. The Labute approximate surface area is 128 Å². The van der Waals surface area contributed by atoms with Gasteiger partial charge < -0.3 is 10.1 Å². The number of ether oxygens (including phenoxy) is 1. The molecule has 116 valence electrons. The highest BCUT2D eigenvalue weighted by Gasteiger charge is 2.28. The second-order valence-corrected chi connectivity index (χ2v) is 5.66. The molecule has 3 rings (SSSR count). The molecule has 1 fully saturated rings. The molecule has 1 aliphatic rings. The first-order valence-electron chi connectivity index (χ1n) is 7.41. The molecule has 1 aliphatic heterocycles. The van der Waals surface area contributed by atoms with E-state index in [-0.39, 0.29) is 11.5 Å². The molecule has 0 radical (unpaired) electrons. The van der Waals surface area contributed by atoms with Crippen LogP contribution in [0.3, 0.4) is 0 Å². The van der Waals surface area contributed by atoms with Crippen molar-refractivity contribution in [2.75, 3.05) is 13.2 Å². The molecular formula is C15H19N5O2. The first-order chi connectivity index (χ1) is 10.7. The Hall–Kier alpha value is -2.28. The van der Waals surface area contributed by atoms with E-state index in [4.69, 9.17) is 4.74 Å².